The van der Waals surface area contributed by atoms with E-state index >= 15 is 0 Å². The van der Waals surface area contributed by atoms with Crippen LogP contribution in [0.5, 0.6) is 0 Å². The third kappa shape index (κ3) is 4.74. The molecule has 10 nitrogen and oxygen atoms in total. The lowest BCUT2D eigenvalue weighted by atomic mass is 10.0. The first-order chi connectivity index (χ1) is 15.8. The molecule has 5 rings (SSSR count). The Hall–Kier alpha value is -2.92. The second kappa shape index (κ2) is 8.45. The zero-order valence-electron chi connectivity index (χ0n) is 18.3. The molecule has 3 aromatic heterocycles. The van der Waals surface area contributed by atoms with Crippen LogP contribution in [0.2, 0.25) is 5.15 Å². The molecule has 2 saturated carbocycles. The standard InChI is InChI=1S/C21H25ClFN7O3/c1-21(3-4-21)26-20(31)33-16-6-11(5-13(16)23)14-8-18(28-27-14)25-19-15-7-12(10-32-2)29-30(15)9-17(22)24-19/h7-9,11,13,16H,3-6,10H2,1-2H3,(H,26,31)(H2,24,25,27,28)/t11-,13+,16-/m0/s1. The SMILES string of the molecule is COCc1cc2c(Nc3cc([C@H]4C[C@@H](F)[C@@H](OC(=O)NC5(C)CC5)C4)[nH]n3)nc(Cl)cn2n1. The van der Waals surface area contributed by atoms with Crippen LogP contribution >= 0.6 is 11.6 Å². The summed E-state index contributed by atoms with van der Waals surface area (Å²) in [6.07, 6.45) is 1.51. The van der Waals surface area contributed by atoms with Gasteiger partial charge < -0.3 is 20.1 Å². The van der Waals surface area contributed by atoms with Gasteiger partial charge in [-0.15, -0.1) is 0 Å². The van der Waals surface area contributed by atoms with Gasteiger partial charge in [-0.25, -0.2) is 18.7 Å². The highest BCUT2D eigenvalue weighted by atomic mass is 35.5. The van der Waals surface area contributed by atoms with Crippen molar-refractivity contribution in [3.63, 3.8) is 0 Å². The maximum atomic E-state index is 14.6. The van der Waals surface area contributed by atoms with Crippen LogP contribution in [0.4, 0.5) is 20.8 Å². The Bertz CT molecular complexity index is 1180. The van der Waals surface area contributed by atoms with E-state index in [1.807, 2.05) is 13.0 Å². The lowest BCUT2D eigenvalue weighted by Gasteiger charge is -2.17. The number of anilines is 2. The second-order valence-corrected chi connectivity index (χ2v) is 9.35. The van der Waals surface area contributed by atoms with Gasteiger partial charge in [0.1, 0.15) is 22.9 Å². The zero-order chi connectivity index (χ0) is 23.2. The first kappa shape index (κ1) is 21.9. The lowest BCUT2D eigenvalue weighted by molar-refractivity contribution is 0.0583. The zero-order valence-corrected chi connectivity index (χ0v) is 19.0. The van der Waals surface area contributed by atoms with E-state index < -0.39 is 18.4 Å². The van der Waals surface area contributed by atoms with Crippen molar-refractivity contribution < 1.29 is 18.7 Å². The molecule has 3 atom stereocenters. The van der Waals surface area contributed by atoms with Gasteiger partial charge >= 0.3 is 6.09 Å². The highest BCUT2D eigenvalue weighted by molar-refractivity contribution is 6.29. The van der Waals surface area contributed by atoms with Crippen LogP contribution in [0.25, 0.3) is 5.52 Å². The number of rotatable bonds is 7. The number of nitrogens with one attached hydrogen (secondary N) is 3. The fourth-order valence-electron chi connectivity index (χ4n) is 4.11. The van der Waals surface area contributed by atoms with E-state index in [2.05, 4.69) is 30.9 Å². The summed E-state index contributed by atoms with van der Waals surface area (Å²) in [4.78, 5) is 16.4. The number of halogens is 2. The van der Waals surface area contributed by atoms with Crippen LogP contribution in [0, 0.1) is 0 Å². The number of nitrogens with zero attached hydrogens (tertiary/aromatic N) is 4. The van der Waals surface area contributed by atoms with E-state index in [1.54, 1.807) is 23.9 Å². The number of carbonyl (C=O) groups is 1. The molecule has 0 bridgehead atoms. The third-order valence-electron chi connectivity index (χ3n) is 6.14. The van der Waals surface area contributed by atoms with Crippen molar-refractivity contribution in [3.8, 4) is 0 Å². The van der Waals surface area contributed by atoms with E-state index in [9.17, 15) is 9.18 Å². The number of aromatic amines is 1. The molecular formula is C21H25ClFN7O3. The number of alkyl halides is 1. The molecule has 0 saturated heterocycles. The Morgan fingerprint density at radius 1 is 1.39 bits per heavy atom. The molecule has 1 amide bonds. The predicted molar refractivity (Wildman–Crippen MR) is 118 cm³/mol. The highest BCUT2D eigenvalue weighted by Gasteiger charge is 2.42. The molecule has 33 heavy (non-hydrogen) atoms. The molecule has 0 aromatic carbocycles. The van der Waals surface area contributed by atoms with Crippen LogP contribution in [0.1, 0.15) is 49.9 Å². The van der Waals surface area contributed by atoms with Crippen molar-refractivity contribution in [1.29, 1.82) is 0 Å². The fraction of sp³-hybridized carbons (Fsp3) is 0.524. The molecule has 176 valence electrons. The molecule has 3 aromatic rings. The van der Waals surface area contributed by atoms with Gasteiger partial charge in [0.05, 0.1) is 18.5 Å². The van der Waals surface area contributed by atoms with Gasteiger partial charge in [0.15, 0.2) is 11.6 Å². The summed E-state index contributed by atoms with van der Waals surface area (Å²) < 4.78 is 26.7. The smallest absolute Gasteiger partial charge is 0.407 e. The van der Waals surface area contributed by atoms with Crippen molar-refractivity contribution in [2.24, 2.45) is 0 Å². The second-order valence-electron chi connectivity index (χ2n) is 8.96. The Labute approximate surface area is 194 Å². The molecule has 2 aliphatic carbocycles. The minimum atomic E-state index is -1.23. The summed E-state index contributed by atoms with van der Waals surface area (Å²) in [5.41, 5.74) is 2.00. The normalized spacial score (nSPS) is 23.6. The van der Waals surface area contributed by atoms with Crippen LogP contribution in [0.3, 0.4) is 0 Å². The quantitative estimate of drug-likeness (QED) is 0.472. The number of methoxy groups -OCH3 is 1. The van der Waals surface area contributed by atoms with Gasteiger partial charge in [-0.2, -0.15) is 10.2 Å². The van der Waals surface area contributed by atoms with E-state index in [4.69, 9.17) is 21.1 Å². The molecule has 0 unspecified atom stereocenters. The van der Waals surface area contributed by atoms with Gasteiger partial charge in [0.2, 0.25) is 0 Å². The molecule has 0 radical (unpaired) electrons. The van der Waals surface area contributed by atoms with Crippen molar-refractivity contribution in [1.82, 2.24) is 30.1 Å². The van der Waals surface area contributed by atoms with Gasteiger partial charge in [-0.05, 0) is 38.7 Å². The summed E-state index contributed by atoms with van der Waals surface area (Å²) in [6.45, 7) is 2.31. The number of aromatic nitrogens is 5. The third-order valence-corrected chi connectivity index (χ3v) is 6.33. The maximum absolute atomic E-state index is 14.6. The number of alkyl carbamates (subject to hydrolysis) is 1. The molecular weight excluding hydrogens is 453 g/mol. The molecule has 0 spiro atoms. The number of H-pyrrole nitrogens is 1. The van der Waals surface area contributed by atoms with Gasteiger partial charge in [0.25, 0.3) is 0 Å². The van der Waals surface area contributed by atoms with Crippen LogP contribution in [0.15, 0.2) is 18.3 Å². The van der Waals surface area contributed by atoms with E-state index in [0.717, 1.165) is 24.2 Å². The number of hydrogen-bond acceptors (Lipinski definition) is 7. The number of amides is 1. The van der Waals surface area contributed by atoms with Crippen molar-refractivity contribution >= 4 is 34.8 Å². The summed E-state index contributed by atoms with van der Waals surface area (Å²) >= 11 is 6.14. The molecule has 2 fully saturated rings. The topological polar surface area (TPSA) is 118 Å². The largest absolute Gasteiger partial charge is 0.443 e. The molecule has 12 heteroatoms. The highest BCUT2D eigenvalue weighted by Crippen LogP contribution is 2.39. The minimum Gasteiger partial charge on any atom is -0.443 e. The number of fused-ring (bicyclic) bond motifs is 1. The van der Waals surface area contributed by atoms with Gasteiger partial charge in [0, 0.05) is 30.3 Å². The first-order valence-corrected chi connectivity index (χ1v) is 11.2. The summed E-state index contributed by atoms with van der Waals surface area (Å²) in [7, 11) is 1.60. The number of ether oxygens (including phenoxy) is 2. The van der Waals surface area contributed by atoms with Crippen LogP contribution in [-0.4, -0.2) is 55.8 Å². The number of hydrogen-bond donors (Lipinski definition) is 3. The summed E-state index contributed by atoms with van der Waals surface area (Å²) in [6, 6.07) is 3.65. The van der Waals surface area contributed by atoms with Crippen molar-refractivity contribution in [2.75, 3.05) is 12.4 Å². The molecule has 3 N–H and O–H groups in total. The lowest BCUT2D eigenvalue weighted by Crippen LogP contribution is -2.38. The van der Waals surface area contributed by atoms with E-state index in [0.29, 0.717) is 30.2 Å². The molecule has 2 aliphatic rings. The summed E-state index contributed by atoms with van der Waals surface area (Å²) in [5.74, 6) is 0.847. The minimum absolute atomic E-state index is 0.145. The monoisotopic (exact) mass is 477 g/mol. The Morgan fingerprint density at radius 2 is 2.21 bits per heavy atom. The predicted octanol–water partition coefficient (Wildman–Crippen LogP) is 3.86. The van der Waals surface area contributed by atoms with Crippen molar-refractivity contribution in [3.05, 3.63) is 34.9 Å². The fourth-order valence-corrected chi connectivity index (χ4v) is 4.28. The van der Waals surface area contributed by atoms with E-state index in [-0.39, 0.29) is 23.0 Å². The average molecular weight is 478 g/mol. The average Bonchev–Trinajstić information content (AvgIpc) is 3.11. The Morgan fingerprint density at radius 3 is 2.97 bits per heavy atom. The van der Waals surface area contributed by atoms with Gasteiger partial charge in [-0.3, -0.25) is 5.10 Å². The van der Waals surface area contributed by atoms with E-state index in [1.165, 1.54) is 0 Å². The van der Waals surface area contributed by atoms with Crippen LogP contribution in [-0.2, 0) is 16.1 Å². The maximum Gasteiger partial charge on any atom is 0.407 e. The molecule has 0 aliphatic heterocycles. The Balaban J connectivity index is 1.26. The van der Waals surface area contributed by atoms with Crippen molar-refractivity contribution in [2.45, 2.75) is 62.9 Å². The number of carbonyl (C=O) groups excluding carboxylic acids is 1. The van der Waals surface area contributed by atoms with Gasteiger partial charge in [-0.1, -0.05) is 11.6 Å². The summed E-state index contributed by atoms with van der Waals surface area (Å²) in [5, 5.41) is 17.9. The van der Waals surface area contributed by atoms with Crippen LogP contribution < -0.4 is 10.6 Å². The first-order valence-electron chi connectivity index (χ1n) is 10.8. The molecule has 3 heterocycles. The Kier molecular flexibility index (Phi) is 5.61.